The van der Waals surface area contributed by atoms with Crippen molar-refractivity contribution in [2.75, 3.05) is 18.8 Å². The summed E-state index contributed by atoms with van der Waals surface area (Å²) >= 11 is 0. The number of carbonyl (C=O) groups excluding carboxylic acids is 1. The molecule has 3 heterocycles. The van der Waals surface area contributed by atoms with Crippen molar-refractivity contribution < 1.29 is 13.9 Å². The zero-order valence-corrected chi connectivity index (χ0v) is 19.3. The van der Waals surface area contributed by atoms with Crippen molar-refractivity contribution in [3.63, 3.8) is 0 Å². The molecule has 36 heavy (non-hydrogen) atoms. The van der Waals surface area contributed by atoms with Crippen LogP contribution in [0.25, 0.3) is 22.3 Å². The number of nitrogens with zero attached hydrogens (tertiary/aromatic N) is 6. The van der Waals surface area contributed by atoms with Crippen LogP contribution in [0.1, 0.15) is 18.9 Å². The van der Waals surface area contributed by atoms with Crippen LogP contribution < -0.4 is 10.5 Å². The van der Waals surface area contributed by atoms with Crippen molar-refractivity contribution in [1.82, 2.24) is 24.6 Å². The highest BCUT2D eigenvalue weighted by atomic mass is 19.1. The smallest absolute Gasteiger partial charge is 0.263 e. The average molecular weight is 484 g/mol. The largest absolute Gasteiger partial charge is 0.454 e. The van der Waals surface area contributed by atoms with Gasteiger partial charge in [-0.05, 0) is 49.2 Å². The van der Waals surface area contributed by atoms with Gasteiger partial charge in [0.15, 0.2) is 17.2 Å². The van der Waals surface area contributed by atoms with Crippen LogP contribution in [0.15, 0.2) is 67.0 Å². The molecule has 0 unspecified atom stereocenters. The molecule has 9 nitrogen and oxygen atoms in total. The number of para-hydroxylation sites is 1. The van der Waals surface area contributed by atoms with Crippen LogP contribution in [-0.2, 0) is 4.79 Å². The third-order valence-corrected chi connectivity index (χ3v) is 6.13. The Balaban J connectivity index is 1.48. The first-order valence-electron chi connectivity index (χ1n) is 11.4. The zero-order valence-electron chi connectivity index (χ0n) is 19.3. The maximum atomic E-state index is 13.9. The van der Waals surface area contributed by atoms with Gasteiger partial charge < -0.3 is 15.4 Å². The summed E-state index contributed by atoms with van der Waals surface area (Å²) in [5.41, 5.74) is 8.04. The minimum atomic E-state index is -0.449. The van der Waals surface area contributed by atoms with Crippen LogP contribution in [0.5, 0.6) is 11.5 Å². The first-order chi connectivity index (χ1) is 17.5. The molecule has 2 aromatic carbocycles. The van der Waals surface area contributed by atoms with Gasteiger partial charge in [0.1, 0.15) is 35.2 Å². The molecule has 2 aromatic heterocycles. The quantitative estimate of drug-likeness (QED) is 0.332. The SMILES string of the molecule is C=C(C#N)C(=O)N1CCC[C@@H](n2nc(-c3ccc(Oc4ccccc4F)cc3)c3c(N)ncnc32)C1. The summed E-state index contributed by atoms with van der Waals surface area (Å²) in [6.45, 7) is 4.46. The molecule has 0 spiro atoms. The number of rotatable bonds is 5. The molecule has 2 N–H and O–H groups in total. The number of hydrogen-bond donors (Lipinski definition) is 1. The number of nitriles is 1. The molecule has 1 atom stereocenters. The Hall–Kier alpha value is -4.78. The van der Waals surface area contributed by atoms with Gasteiger partial charge >= 0.3 is 0 Å². The van der Waals surface area contributed by atoms with Crippen molar-refractivity contribution in [2.45, 2.75) is 18.9 Å². The van der Waals surface area contributed by atoms with Crippen molar-refractivity contribution in [2.24, 2.45) is 0 Å². The number of nitrogens with two attached hydrogens (primary N) is 1. The topological polar surface area (TPSA) is 123 Å². The summed E-state index contributed by atoms with van der Waals surface area (Å²) in [6, 6.07) is 14.9. The number of nitrogen functional groups attached to an aromatic ring is 1. The second-order valence-electron chi connectivity index (χ2n) is 8.45. The zero-order chi connectivity index (χ0) is 25.2. The third kappa shape index (κ3) is 4.22. The minimum absolute atomic E-state index is 0.0917. The van der Waals surface area contributed by atoms with Gasteiger partial charge in [-0.2, -0.15) is 10.4 Å². The van der Waals surface area contributed by atoms with Gasteiger partial charge in [0.25, 0.3) is 5.91 Å². The van der Waals surface area contributed by atoms with Crippen LogP contribution in [0.4, 0.5) is 10.2 Å². The number of fused-ring (bicyclic) bond motifs is 1. The Morgan fingerprint density at radius 1 is 1.19 bits per heavy atom. The Bertz CT molecular complexity index is 1510. The molecule has 0 saturated carbocycles. The Morgan fingerprint density at radius 2 is 1.97 bits per heavy atom. The van der Waals surface area contributed by atoms with Crippen molar-refractivity contribution in [3.05, 3.63) is 72.8 Å². The molecule has 1 saturated heterocycles. The average Bonchev–Trinajstić information content (AvgIpc) is 3.31. The predicted octanol–water partition coefficient (Wildman–Crippen LogP) is 4.25. The van der Waals surface area contributed by atoms with Gasteiger partial charge in [0, 0.05) is 18.7 Å². The maximum Gasteiger partial charge on any atom is 0.263 e. The predicted molar refractivity (Wildman–Crippen MR) is 131 cm³/mol. The summed E-state index contributed by atoms with van der Waals surface area (Å²) in [7, 11) is 0. The molecular formula is C26H22FN7O2. The lowest BCUT2D eigenvalue weighted by Crippen LogP contribution is -2.41. The number of benzene rings is 2. The number of likely N-dealkylation sites (tertiary alicyclic amines) is 1. The van der Waals surface area contributed by atoms with Crippen LogP contribution in [0.2, 0.25) is 0 Å². The van der Waals surface area contributed by atoms with E-state index in [-0.39, 0.29) is 29.1 Å². The number of amides is 1. The van der Waals surface area contributed by atoms with E-state index in [1.165, 1.54) is 12.4 Å². The molecule has 1 aliphatic rings. The fourth-order valence-electron chi connectivity index (χ4n) is 4.36. The van der Waals surface area contributed by atoms with E-state index in [0.29, 0.717) is 35.6 Å². The van der Waals surface area contributed by atoms with Crippen LogP contribution in [0.3, 0.4) is 0 Å². The molecule has 10 heteroatoms. The fourth-order valence-corrected chi connectivity index (χ4v) is 4.36. The van der Waals surface area contributed by atoms with E-state index in [1.54, 1.807) is 39.9 Å². The van der Waals surface area contributed by atoms with Crippen LogP contribution >= 0.6 is 0 Å². The third-order valence-electron chi connectivity index (χ3n) is 6.13. The number of halogens is 1. The van der Waals surface area contributed by atoms with E-state index in [1.807, 2.05) is 18.2 Å². The van der Waals surface area contributed by atoms with E-state index in [4.69, 9.17) is 20.8 Å². The van der Waals surface area contributed by atoms with Gasteiger partial charge in [0.05, 0.1) is 11.4 Å². The highest BCUT2D eigenvalue weighted by Crippen LogP contribution is 2.35. The summed E-state index contributed by atoms with van der Waals surface area (Å²) < 4.78 is 21.4. The number of carbonyl (C=O) groups is 1. The molecule has 1 aliphatic heterocycles. The number of piperidine rings is 1. The summed E-state index contributed by atoms with van der Waals surface area (Å²) in [6.07, 6.45) is 2.90. The number of anilines is 1. The van der Waals surface area contributed by atoms with Crippen molar-refractivity contribution in [3.8, 4) is 28.8 Å². The number of aromatic nitrogens is 4. The molecule has 0 radical (unpaired) electrons. The molecule has 5 rings (SSSR count). The Labute approximate surface area is 206 Å². The lowest BCUT2D eigenvalue weighted by atomic mass is 10.0. The van der Waals surface area contributed by atoms with Crippen LogP contribution in [0, 0.1) is 17.1 Å². The van der Waals surface area contributed by atoms with Crippen LogP contribution in [-0.4, -0.2) is 43.6 Å². The molecule has 0 aliphatic carbocycles. The molecular weight excluding hydrogens is 461 g/mol. The second-order valence-corrected chi connectivity index (χ2v) is 8.45. The lowest BCUT2D eigenvalue weighted by Gasteiger charge is -2.32. The van der Waals surface area contributed by atoms with Crippen molar-refractivity contribution >= 4 is 22.8 Å². The van der Waals surface area contributed by atoms with E-state index in [9.17, 15) is 9.18 Å². The van der Waals surface area contributed by atoms with Gasteiger partial charge in [-0.15, -0.1) is 0 Å². The fraction of sp³-hybridized carbons (Fsp3) is 0.192. The molecule has 180 valence electrons. The molecule has 1 amide bonds. The van der Waals surface area contributed by atoms with Gasteiger partial charge in [-0.3, -0.25) is 4.79 Å². The summed E-state index contributed by atoms with van der Waals surface area (Å²) in [5, 5.41) is 14.5. The lowest BCUT2D eigenvalue weighted by molar-refractivity contribution is -0.128. The van der Waals surface area contributed by atoms with Gasteiger partial charge in [-0.1, -0.05) is 18.7 Å². The van der Waals surface area contributed by atoms with Crippen molar-refractivity contribution in [1.29, 1.82) is 5.26 Å². The number of ether oxygens (including phenoxy) is 1. The molecule has 0 bridgehead atoms. The maximum absolute atomic E-state index is 13.9. The van der Waals surface area contributed by atoms with E-state index in [2.05, 4.69) is 16.5 Å². The minimum Gasteiger partial charge on any atom is -0.454 e. The van der Waals surface area contributed by atoms with Gasteiger partial charge in [-0.25, -0.2) is 19.0 Å². The monoisotopic (exact) mass is 483 g/mol. The second kappa shape index (κ2) is 9.46. The Morgan fingerprint density at radius 3 is 2.72 bits per heavy atom. The summed E-state index contributed by atoms with van der Waals surface area (Å²) in [5.74, 6) is 0.0617. The van der Waals surface area contributed by atoms with Gasteiger partial charge in [0.2, 0.25) is 0 Å². The normalized spacial score (nSPS) is 15.4. The standard InChI is InChI=1S/C26H22FN7O2/c1-16(13-28)26(35)33-12-4-5-18(14-33)34-25-22(24(29)30-15-31-25)23(32-34)17-8-10-19(11-9-17)36-21-7-3-2-6-20(21)27/h2-3,6-11,15,18H,1,4-5,12,14H2,(H2,29,30,31)/t18-/m1/s1. The molecule has 4 aromatic rings. The highest BCUT2D eigenvalue weighted by Gasteiger charge is 2.29. The molecule has 1 fully saturated rings. The first-order valence-corrected chi connectivity index (χ1v) is 11.4. The van der Waals surface area contributed by atoms with E-state index < -0.39 is 5.82 Å². The van der Waals surface area contributed by atoms with E-state index in [0.717, 1.165) is 18.4 Å². The highest BCUT2D eigenvalue weighted by molar-refractivity contribution is 5.98. The summed E-state index contributed by atoms with van der Waals surface area (Å²) in [4.78, 5) is 22.7. The first kappa shape index (κ1) is 23.0. The Kier molecular flexibility index (Phi) is 6.04. The van der Waals surface area contributed by atoms with E-state index >= 15 is 0 Å². The number of hydrogen-bond acceptors (Lipinski definition) is 7.